The Morgan fingerprint density at radius 2 is 1.61 bits per heavy atom. The van der Waals surface area contributed by atoms with Crippen LogP contribution in [-0.4, -0.2) is 4.98 Å². The summed E-state index contributed by atoms with van der Waals surface area (Å²) in [4.78, 5) is 3.35. The summed E-state index contributed by atoms with van der Waals surface area (Å²) in [6, 6.07) is 23.2. The van der Waals surface area contributed by atoms with Crippen LogP contribution in [0.3, 0.4) is 0 Å². The molecule has 0 aliphatic heterocycles. The first-order valence-corrected chi connectivity index (χ1v) is 7.50. The first kappa shape index (κ1) is 15.5. The lowest BCUT2D eigenvalue weighted by molar-refractivity contribution is -0.687. The number of aromatic nitrogens is 2. The molecular weight excluding hydrogens is 348 g/mol. The molecule has 0 unspecified atom stereocenters. The maximum absolute atomic E-state index is 3.35. The molecule has 0 aliphatic carbocycles. The molecule has 0 amide bonds. The number of hydrogen-bond donors (Lipinski definition) is 1. The first-order chi connectivity index (χ1) is 10.9. The van der Waals surface area contributed by atoms with Crippen molar-refractivity contribution >= 4 is 10.9 Å². The number of H-pyrrole nitrogens is 1. The van der Waals surface area contributed by atoms with Gasteiger partial charge in [0, 0.05) is 39.9 Å². The van der Waals surface area contributed by atoms with E-state index in [-0.39, 0.29) is 17.0 Å². The van der Waals surface area contributed by atoms with E-state index in [0.29, 0.717) is 0 Å². The van der Waals surface area contributed by atoms with E-state index in [1.54, 1.807) is 0 Å². The Hall–Kier alpha value is -2.39. The van der Waals surface area contributed by atoms with Crippen LogP contribution in [0.5, 0.6) is 0 Å². The highest BCUT2D eigenvalue weighted by Crippen LogP contribution is 2.27. The van der Waals surface area contributed by atoms with Crippen LogP contribution in [0.25, 0.3) is 22.0 Å². The Bertz CT molecular complexity index is 913. The number of nitrogens with one attached hydrogen (secondary N) is 1. The molecule has 114 valence electrons. The van der Waals surface area contributed by atoms with Crippen LogP contribution in [-0.2, 0) is 6.54 Å². The fraction of sp³-hybridized carbons (Fsp3) is 0.0500. The van der Waals surface area contributed by atoms with Gasteiger partial charge in [0.15, 0.2) is 18.9 Å². The average molecular weight is 365 g/mol. The summed E-state index contributed by atoms with van der Waals surface area (Å²) in [5.74, 6) is 0. The number of para-hydroxylation sites is 1. The number of aromatic amines is 1. The number of rotatable bonds is 3. The van der Waals surface area contributed by atoms with Crippen molar-refractivity contribution in [1.29, 1.82) is 0 Å². The average Bonchev–Trinajstić information content (AvgIpc) is 3.00. The Balaban J connectivity index is 0.00000156. The van der Waals surface area contributed by atoms with E-state index in [1.807, 2.05) is 0 Å². The minimum absolute atomic E-state index is 0. The molecule has 1 N–H and O–H groups in total. The number of benzene rings is 2. The molecule has 0 aliphatic rings. The van der Waals surface area contributed by atoms with Crippen LogP contribution in [0, 0.1) is 0 Å². The fourth-order valence-corrected chi connectivity index (χ4v) is 2.88. The predicted molar refractivity (Wildman–Crippen MR) is 89.5 cm³/mol. The Labute approximate surface area is 146 Å². The van der Waals surface area contributed by atoms with Gasteiger partial charge in [-0.25, -0.2) is 4.57 Å². The van der Waals surface area contributed by atoms with Gasteiger partial charge in [-0.3, -0.25) is 0 Å². The molecule has 23 heavy (non-hydrogen) atoms. The van der Waals surface area contributed by atoms with Crippen LogP contribution in [0.2, 0.25) is 0 Å². The Morgan fingerprint density at radius 1 is 0.826 bits per heavy atom. The number of nitrogens with zero attached hydrogens (tertiary/aromatic N) is 1. The van der Waals surface area contributed by atoms with Crippen LogP contribution >= 0.6 is 0 Å². The van der Waals surface area contributed by atoms with Crippen molar-refractivity contribution in [2.24, 2.45) is 0 Å². The number of pyridine rings is 1. The quantitative estimate of drug-likeness (QED) is 0.526. The van der Waals surface area contributed by atoms with Crippen molar-refractivity contribution in [3.8, 4) is 11.1 Å². The van der Waals surface area contributed by atoms with E-state index >= 15 is 0 Å². The van der Waals surface area contributed by atoms with Crippen LogP contribution in [0.15, 0.2) is 85.3 Å². The molecule has 2 heterocycles. The van der Waals surface area contributed by atoms with Crippen molar-refractivity contribution in [1.82, 2.24) is 4.98 Å². The van der Waals surface area contributed by atoms with Gasteiger partial charge >= 0.3 is 0 Å². The zero-order valence-electron chi connectivity index (χ0n) is 12.6. The number of fused-ring (bicyclic) bond motifs is 1. The van der Waals surface area contributed by atoms with Crippen molar-refractivity contribution < 1.29 is 21.5 Å². The molecule has 0 spiro atoms. The van der Waals surface area contributed by atoms with Crippen LogP contribution in [0.4, 0.5) is 0 Å². The summed E-state index contributed by atoms with van der Waals surface area (Å²) in [7, 11) is 0. The highest BCUT2D eigenvalue weighted by atomic mass is 79.9. The molecule has 2 aromatic carbocycles. The summed E-state index contributed by atoms with van der Waals surface area (Å²) in [6.07, 6.45) is 6.42. The largest absolute Gasteiger partial charge is 1.00 e. The third-order valence-corrected chi connectivity index (χ3v) is 3.97. The van der Waals surface area contributed by atoms with Gasteiger partial charge in [-0.15, -0.1) is 0 Å². The molecular formula is C20H17BrN2. The van der Waals surface area contributed by atoms with E-state index in [0.717, 1.165) is 6.54 Å². The summed E-state index contributed by atoms with van der Waals surface area (Å²) in [5, 5.41) is 1.26. The van der Waals surface area contributed by atoms with Gasteiger partial charge < -0.3 is 22.0 Å². The third-order valence-electron chi connectivity index (χ3n) is 3.97. The minimum Gasteiger partial charge on any atom is -1.00 e. The van der Waals surface area contributed by atoms with Gasteiger partial charge in [0.2, 0.25) is 0 Å². The first-order valence-electron chi connectivity index (χ1n) is 7.50. The van der Waals surface area contributed by atoms with E-state index in [2.05, 4.69) is 94.9 Å². The summed E-state index contributed by atoms with van der Waals surface area (Å²) < 4.78 is 2.23. The summed E-state index contributed by atoms with van der Waals surface area (Å²) in [5.41, 5.74) is 4.97. The van der Waals surface area contributed by atoms with Gasteiger partial charge in [-0.1, -0.05) is 48.5 Å². The van der Waals surface area contributed by atoms with Crippen molar-refractivity contribution in [3.05, 3.63) is 90.9 Å². The maximum Gasteiger partial charge on any atom is 0.177 e. The van der Waals surface area contributed by atoms with E-state index in [1.165, 1.54) is 27.6 Å². The second-order valence-electron chi connectivity index (χ2n) is 5.50. The van der Waals surface area contributed by atoms with Crippen molar-refractivity contribution in [3.63, 3.8) is 0 Å². The second-order valence-corrected chi connectivity index (χ2v) is 5.50. The van der Waals surface area contributed by atoms with Crippen LogP contribution < -0.4 is 21.5 Å². The lowest BCUT2D eigenvalue weighted by Crippen LogP contribution is -3.00. The molecule has 0 saturated carbocycles. The minimum atomic E-state index is 0. The molecule has 2 nitrogen and oxygen atoms in total. The monoisotopic (exact) mass is 364 g/mol. The van der Waals surface area contributed by atoms with Gasteiger partial charge in [-0.2, -0.15) is 0 Å². The van der Waals surface area contributed by atoms with Crippen molar-refractivity contribution in [2.45, 2.75) is 6.54 Å². The normalized spacial score (nSPS) is 10.4. The molecule has 4 aromatic rings. The smallest absolute Gasteiger partial charge is 0.177 e. The molecule has 0 fully saturated rings. The van der Waals surface area contributed by atoms with Gasteiger partial charge in [0.1, 0.15) is 0 Å². The number of hydrogen-bond acceptors (Lipinski definition) is 0. The predicted octanol–water partition coefficient (Wildman–Crippen LogP) is 1.17. The fourth-order valence-electron chi connectivity index (χ4n) is 2.88. The summed E-state index contributed by atoms with van der Waals surface area (Å²) in [6.45, 7) is 0.886. The van der Waals surface area contributed by atoms with Gasteiger partial charge in [-0.05, 0) is 12.1 Å². The van der Waals surface area contributed by atoms with E-state index in [9.17, 15) is 0 Å². The topological polar surface area (TPSA) is 19.7 Å². The van der Waals surface area contributed by atoms with Crippen LogP contribution in [0.1, 0.15) is 5.56 Å². The Kier molecular flexibility index (Phi) is 4.58. The zero-order valence-corrected chi connectivity index (χ0v) is 14.2. The Morgan fingerprint density at radius 3 is 2.48 bits per heavy atom. The molecule has 3 heteroatoms. The highest BCUT2D eigenvalue weighted by molar-refractivity contribution is 5.95. The standard InChI is InChI=1S/C20H17N2.BrH/c1-2-7-16(8-3-1)14-22-12-6-9-17(15-22)19-13-21-20-11-5-4-10-18(19)20;/h1-13,15,21H,14H2;1H/q+1;/p-1. The zero-order chi connectivity index (χ0) is 14.8. The lowest BCUT2D eigenvalue weighted by atomic mass is 10.1. The molecule has 2 aromatic heterocycles. The van der Waals surface area contributed by atoms with Gasteiger partial charge in [0.05, 0.1) is 0 Å². The third kappa shape index (κ3) is 3.20. The lowest BCUT2D eigenvalue weighted by Gasteiger charge is -2.01. The highest BCUT2D eigenvalue weighted by Gasteiger charge is 2.10. The summed E-state index contributed by atoms with van der Waals surface area (Å²) >= 11 is 0. The molecule has 0 bridgehead atoms. The molecule has 0 saturated heterocycles. The molecule has 0 atom stereocenters. The molecule has 0 radical (unpaired) electrons. The van der Waals surface area contributed by atoms with E-state index < -0.39 is 0 Å². The maximum atomic E-state index is 3.35. The number of halogens is 1. The SMILES string of the molecule is [Br-].c1ccc(C[n+]2cccc(-c3c[nH]c4ccccc34)c2)cc1. The molecule has 4 rings (SSSR count). The van der Waals surface area contributed by atoms with E-state index in [4.69, 9.17) is 0 Å². The van der Waals surface area contributed by atoms with Crippen molar-refractivity contribution in [2.75, 3.05) is 0 Å². The van der Waals surface area contributed by atoms with Gasteiger partial charge in [0.25, 0.3) is 0 Å². The second kappa shape index (κ2) is 6.80.